The van der Waals surface area contributed by atoms with E-state index < -0.39 is 74.4 Å². The van der Waals surface area contributed by atoms with Crippen LogP contribution in [0.2, 0.25) is 0 Å². The number of hydrogen-bond donors (Lipinski definition) is 8. The van der Waals surface area contributed by atoms with Gasteiger partial charge in [0.2, 0.25) is 5.91 Å². The summed E-state index contributed by atoms with van der Waals surface area (Å²) in [6.45, 7) is 2.21. The zero-order valence-corrected chi connectivity index (χ0v) is 23.9. The number of benzene rings is 2. The van der Waals surface area contributed by atoms with Crippen molar-refractivity contribution in [2.75, 3.05) is 25.6 Å². The van der Waals surface area contributed by atoms with E-state index in [1.165, 1.54) is 13.2 Å². The first-order valence-corrected chi connectivity index (χ1v) is 13.8. The molecule has 2 heterocycles. The lowest BCUT2D eigenvalue weighted by Gasteiger charge is -2.46. The van der Waals surface area contributed by atoms with Crippen LogP contribution in [0.25, 0.3) is 0 Å². The van der Waals surface area contributed by atoms with Gasteiger partial charge in [-0.1, -0.05) is 19.9 Å². The Bertz CT molecular complexity index is 1210. The number of carbonyl (C=O) groups excluding carboxylic acids is 1. The van der Waals surface area contributed by atoms with Gasteiger partial charge in [-0.2, -0.15) is 0 Å². The van der Waals surface area contributed by atoms with Crippen molar-refractivity contribution in [2.45, 2.75) is 75.1 Å². The fourth-order valence-corrected chi connectivity index (χ4v) is 4.83. The van der Waals surface area contributed by atoms with E-state index in [0.717, 1.165) is 0 Å². The Kier molecular flexibility index (Phi) is 10.9. The molecule has 0 spiro atoms. The van der Waals surface area contributed by atoms with Gasteiger partial charge in [0.15, 0.2) is 17.8 Å². The first-order chi connectivity index (χ1) is 20.5. The summed E-state index contributed by atoms with van der Waals surface area (Å²) in [5, 5.41) is 74.9. The first kappa shape index (κ1) is 33.0. The Morgan fingerprint density at radius 2 is 1.49 bits per heavy atom. The molecular weight excluding hydrogens is 570 g/mol. The van der Waals surface area contributed by atoms with E-state index in [2.05, 4.69) is 5.32 Å². The van der Waals surface area contributed by atoms with Gasteiger partial charge in [-0.25, -0.2) is 0 Å². The average Bonchev–Trinajstić information content (AvgIpc) is 3.00. The number of hydrogen-bond acceptors (Lipinski definition) is 13. The fourth-order valence-electron chi connectivity index (χ4n) is 4.83. The molecule has 43 heavy (non-hydrogen) atoms. The standard InChI is InChI=1S/C29H39NO13/c1-13(2)28(38)30-15-5-7-16(8-6-15)40-18-10-14(4-9-17(18)39-3)26-25(37)27(22(34)20(12-32)41-26)43-29-24(36)23(35)21(33)19(11-31)42-29/h4-10,13,19-27,29,31-37H,11-12H2,1-3H3,(H,30,38)/t19-,20-,21-,22+,23+,24+,25-,26-,27+,29-/m1/s1. The summed E-state index contributed by atoms with van der Waals surface area (Å²) >= 11 is 0. The minimum absolute atomic E-state index is 0.130. The van der Waals surface area contributed by atoms with Crippen LogP contribution in [0.4, 0.5) is 5.69 Å². The highest BCUT2D eigenvalue weighted by atomic mass is 16.7. The molecule has 2 aliphatic rings. The maximum atomic E-state index is 12.0. The molecule has 0 bridgehead atoms. The summed E-state index contributed by atoms with van der Waals surface area (Å²) in [5.74, 6) is 0.686. The molecule has 2 aromatic rings. The van der Waals surface area contributed by atoms with Crippen molar-refractivity contribution in [1.29, 1.82) is 0 Å². The van der Waals surface area contributed by atoms with Crippen LogP contribution in [0.5, 0.6) is 17.2 Å². The smallest absolute Gasteiger partial charge is 0.226 e. The lowest BCUT2D eigenvalue weighted by Crippen LogP contribution is -2.63. The number of amides is 1. The van der Waals surface area contributed by atoms with Gasteiger partial charge in [-0.05, 0) is 42.0 Å². The largest absolute Gasteiger partial charge is 0.493 e. The summed E-state index contributed by atoms with van der Waals surface area (Å²) in [4.78, 5) is 12.0. The van der Waals surface area contributed by atoms with E-state index in [1.807, 2.05) is 0 Å². The van der Waals surface area contributed by atoms with Crippen LogP contribution in [0, 0.1) is 5.92 Å². The van der Waals surface area contributed by atoms with Crippen molar-refractivity contribution < 1.29 is 64.2 Å². The number of aliphatic hydroxyl groups excluding tert-OH is 7. The predicted molar refractivity (Wildman–Crippen MR) is 148 cm³/mol. The predicted octanol–water partition coefficient (Wildman–Crippen LogP) is -0.579. The number of ether oxygens (including phenoxy) is 5. The van der Waals surface area contributed by atoms with Crippen LogP contribution in [0.3, 0.4) is 0 Å². The molecule has 2 aromatic carbocycles. The molecule has 10 atom stereocenters. The third-order valence-electron chi connectivity index (χ3n) is 7.40. The number of methoxy groups -OCH3 is 1. The average molecular weight is 610 g/mol. The van der Waals surface area contributed by atoms with E-state index in [1.54, 1.807) is 50.2 Å². The van der Waals surface area contributed by atoms with Crippen LogP contribution in [-0.2, 0) is 19.0 Å². The van der Waals surface area contributed by atoms with Crippen molar-refractivity contribution in [3.05, 3.63) is 48.0 Å². The molecule has 2 aliphatic heterocycles. The van der Waals surface area contributed by atoms with Crippen molar-refractivity contribution in [2.24, 2.45) is 5.92 Å². The van der Waals surface area contributed by atoms with Crippen molar-refractivity contribution >= 4 is 11.6 Å². The van der Waals surface area contributed by atoms with Crippen LogP contribution in [0.15, 0.2) is 42.5 Å². The van der Waals surface area contributed by atoms with Gasteiger partial charge < -0.3 is 64.7 Å². The number of anilines is 1. The van der Waals surface area contributed by atoms with Crippen molar-refractivity contribution in [3.8, 4) is 17.2 Å². The Morgan fingerprint density at radius 1 is 0.837 bits per heavy atom. The molecule has 1 amide bonds. The molecule has 238 valence electrons. The van der Waals surface area contributed by atoms with E-state index in [9.17, 15) is 40.5 Å². The topological polar surface area (TPSA) is 217 Å². The summed E-state index contributed by atoms with van der Waals surface area (Å²) in [6.07, 6.45) is -15.2. The number of carbonyl (C=O) groups is 1. The molecular formula is C29H39NO13. The van der Waals surface area contributed by atoms with Gasteiger partial charge >= 0.3 is 0 Å². The van der Waals surface area contributed by atoms with E-state index >= 15 is 0 Å². The maximum absolute atomic E-state index is 12.0. The van der Waals surface area contributed by atoms with Crippen LogP contribution in [0.1, 0.15) is 25.5 Å². The zero-order chi connectivity index (χ0) is 31.4. The summed E-state index contributed by atoms with van der Waals surface area (Å²) in [5.41, 5.74) is 0.946. The lowest BCUT2D eigenvalue weighted by molar-refractivity contribution is -0.342. The van der Waals surface area contributed by atoms with Gasteiger partial charge in [0.05, 0.1) is 20.3 Å². The lowest BCUT2D eigenvalue weighted by atomic mass is 9.90. The second kappa shape index (κ2) is 14.3. The fraction of sp³-hybridized carbons (Fsp3) is 0.552. The summed E-state index contributed by atoms with van der Waals surface area (Å²) in [6, 6.07) is 11.3. The van der Waals surface area contributed by atoms with Gasteiger partial charge in [0.25, 0.3) is 0 Å². The molecule has 8 N–H and O–H groups in total. The highest BCUT2D eigenvalue weighted by Gasteiger charge is 2.50. The second-order valence-corrected chi connectivity index (χ2v) is 10.7. The quantitative estimate of drug-likeness (QED) is 0.169. The molecule has 0 aromatic heterocycles. The molecule has 14 nitrogen and oxygen atoms in total. The maximum Gasteiger partial charge on any atom is 0.226 e. The Hall–Kier alpha value is -2.89. The Balaban J connectivity index is 1.56. The molecule has 0 aliphatic carbocycles. The zero-order valence-electron chi connectivity index (χ0n) is 23.9. The third kappa shape index (κ3) is 7.26. The van der Waals surface area contributed by atoms with Crippen LogP contribution >= 0.6 is 0 Å². The van der Waals surface area contributed by atoms with Gasteiger partial charge in [0.1, 0.15) is 60.7 Å². The summed E-state index contributed by atoms with van der Waals surface area (Å²) < 4.78 is 28.3. The number of nitrogens with one attached hydrogen (secondary N) is 1. The molecule has 2 saturated heterocycles. The summed E-state index contributed by atoms with van der Waals surface area (Å²) in [7, 11) is 1.45. The number of rotatable bonds is 10. The Morgan fingerprint density at radius 3 is 2.09 bits per heavy atom. The minimum atomic E-state index is -1.78. The first-order valence-electron chi connectivity index (χ1n) is 13.8. The van der Waals surface area contributed by atoms with Crippen LogP contribution < -0.4 is 14.8 Å². The van der Waals surface area contributed by atoms with Crippen molar-refractivity contribution in [3.63, 3.8) is 0 Å². The van der Waals surface area contributed by atoms with Gasteiger partial charge in [-0.3, -0.25) is 4.79 Å². The molecule has 0 unspecified atom stereocenters. The number of aliphatic hydroxyl groups is 7. The molecule has 0 saturated carbocycles. The van der Waals surface area contributed by atoms with E-state index in [4.69, 9.17) is 23.7 Å². The van der Waals surface area contributed by atoms with Crippen molar-refractivity contribution in [1.82, 2.24) is 0 Å². The van der Waals surface area contributed by atoms with Crippen LogP contribution in [-0.4, -0.2) is 117 Å². The molecule has 2 fully saturated rings. The van der Waals surface area contributed by atoms with Gasteiger partial charge in [0, 0.05) is 11.6 Å². The molecule has 14 heteroatoms. The van der Waals surface area contributed by atoms with E-state index in [-0.39, 0.29) is 17.6 Å². The molecule has 0 radical (unpaired) electrons. The van der Waals surface area contributed by atoms with E-state index in [0.29, 0.717) is 22.7 Å². The highest BCUT2D eigenvalue weighted by molar-refractivity contribution is 5.92. The Labute approximate surface area is 248 Å². The monoisotopic (exact) mass is 609 g/mol. The normalized spacial score (nSPS) is 32.8. The minimum Gasteiger partial charge on any atom is -0.493 e. The third-order valence-corrected chi connectivity index (χ3v) is 7.40. The SMILES string of the molecule is COc1ccc([C@H]2O[C@H](CO)[C@H](O)[C@H](O[C@H]3O[C@H](CO)[C@@H](O)[C@H](O)[C@@H]3O)[C@@H]2O)cc1Oc1ccc(NC(=O)C(C)C)cc1. The molecule has 4 rings (SSSR count). The van der Waals surface area contributed by atoms with Gasteiger partial charge in [-0.15, -0.1) is 0 Å². The highest BCUT2D eigenvalue weighted by Crippen LogP contribution is 2.40. The second-order valence-electron chi connectivity index (χ2n) is 10.7.